The van der Waals surface area contributed by atoms with Crippen molar-refractivity contribution in [1.29, 1.82) is 0 Å². The summed E-state index contributed by atoms with van der Waals surface area (Å²) in [5.41, 5.74) is 2.77. The van der Waals surface area contributed by atoms with E-state index in [1.807, 2.05) is 17.9 Å². The van der Waals surface area contributed by atoms with Crippen molar-refractivity contribution in [2.45, 2.75) is 45.1 Å². The van der Waals surface area contributed by atoms with Gasteiger partial charge in [0.2, 0.25) is 0 Å². The van der Waals surface area contributed by atoms with Crippen LogP contribution in [0, 0.1) is 0 Å². The molecular formula is C14H23N3. The minimum atomic E-state index is 0.380. The van der Waals surface area contributed by atoms with Crippen molar-refractivity contribution in [2.24, 2.45) is 7.05 Å². The number of aryl methyl sites for hydroxylation is 1. The fourth-order valence-corrected chi connectivity index (χ4v) is 2.50. The van der Waals surface area contributed by atoms with Gasteiger partial charge in [0.05, 0.1) is 11.7 Å². The highest BCUT2D eigenvalue weighted by Crippen LogP contribution is 2.26. The predicted molar refractivity (Wildman–Crippen MR) is 70.8 cm³/mol. The maximum Gasteiger partial charge on any atom is 0.0797 e. The Morgan fingerprint density at radius 2 is 2.35 bits per heavy atom. The van der Waals surface area contributed by atoms with Crippen molar-refractivity contribution in [3.05, 3.63) is 29.6 Å². The van der Waals surface area contributed by atoms with Crippen molar-refractivity contribution in [3.8, 4) is 0 Å². The quantitative estimate of drug-likeness (QED) is 0.792. The van der Waals surface area contributed by atoms with Gasteiger partial charge in [0, 0.05) is 13.2 Å². The highest BCUT2D eigenvalue weighted by Gasteiger charge is 2.16. The van der Waals surface area contributed by atoms with E-state index in [1.54, 1.807) is 5.57 Å². The van der Waals surface area contributed by atoms with Crippen molar-refractivity contribution < 1.29 is 0 Å². The van der Waals surface area contributed by atoms with Gasteiger partial charge in [0.1, 0.15) is 0 Å². The lowest BCUT2D eigenvalue weighted by Gasteiger charge is -2.20. The first-order chi connectivity index (χ1) is 8.29. The van der Waals surface area contributed by atoms with E-state index in [2.05, 4.69) is 29.5 Å². The van der Waals surface area contributed by atoms with Crippen LogP contribution < -0.4 is 5.32 Å². The molecule has 94 valence electrons. The number of hydrogen-bond donors (Lipinski definition) is 1. The van der Waals surface area contributed by atoms with E-state index >= 15 is 0 Å². The molecule has 1 N–H and O–H groups in total. The van der Waals surface area contributed by atoms with E-state index in [-0.39, 0.29) is 0 Å². The van der Waals surface area contributed by atoms with Gasteiger partial charge in [-0.15, -0.1) is 0 Å². The molecule has 1 aromatic heterocycles. The van der Waals surface area contributed by atoms with Crippen molar-refractivity contribution in [3.63, 3.8) is 0 Å². The Bertz CT molecular complexity index is 379. The van der Waals surface area contributed by atoms with Crippen LogP contribution in [0.4, 0.5) is 0 Å². The Kier molecular flexibility index (Phi) is 4.37. The molecule has 17 heavy (non-hydrogen) atoms. The number of aromatic nitrogens is 2. The van der Waals surface area contributed by atoms with Crippen molar-refractivity contribution in [1.82, 2.24) is 15.1 Å². The standard InChI is InChI=1S/C14H23N3/c1-3-15-14(13-9-10-17(2)16-13)11-12-7-5-4-6-8-12/h7,9-10,14-15H,3-6,8,11H2,1-2H3. The SMILES string of the molecule is CCNC(CC1=CCCCC1)c1ccn(C)n1. The second-order valence-electron chi connectivity index (χ2n) is 4.84. The average Bonchev–Trinajstić information content (AvgIpc) is 2.77. The van der Waals surface area contributed by atoms with Gasteiger partial charge in [-0.05, 0) is 44.7 Å². The third-order valence-corrected chi connectivity index (χ3v) is 3.39. The van der Waals surface area contributed by atoms with Crippen LogP contribution in [0.1, 0.15) is 50.8 Å². The van der Waals surface area contributed by atoms with E-state index < -0.39 is 0 Å². The lowest BCUT2D eigenvalue weighted by molar-refractivity contribution is 0.510. The summed E-state index contributed by atoms with van der Waals surface area (Å²) < 4.78 is 1.88. The summed E-state index contributed by atoms with van der Waals surface area (Å²) in [7, 11) is 1.98. The summed E-state index contributed by atoms with van der Waals surface area (Å²) in [6, 6.07) is 2.50. The molecule has 1 heterocycles. The van der Waals surface area contributed by atoms with Gasteiger partial charge in [-0.3, -0.25) is 4.68 Å². The molecule has 0 bridgehead atoms. The second-order valence-corrected chi connectivity index (χ2v) is 4.84. The molecule has 1 unspecified atom stereocenters. The van der Waals surface area contributed by atoms with E-state index in [0.29, 0.717) is 6.04 Å². The Morgan fingerprint density at radius 3 is 2.94 bits per heavy atom. The van der Waals surface area contributed by atoms with Crippen LogP contribution in [-0.2, 0) is 7.05 Å². The summed E-state index contributed by atoms with van der Waals surface area (Å²) in [5, 5.41) is 8.06. The molecule has 3 heteroatoms. The maximum atomic E-state index is 4.52. The molecule has 1 aliphatic rings. The molecular weight excluding hydrogens is 210 g/mol. The van der Waals surface area contributed by atoms with E-state index in [1.165, 1.54) is 31.4 Å². The van der Waals surface area contributed by atoms with Gasteiger partial charge in [-0.25, -0.2) is 0 Å². The summed E-state index contributed by atoms with van der Waals surface area (Å²) in [5.74, 6) is 0. The molecule has 1 atom stereocenters. The van der Waals surface area contributed by atoms with Crippen LogP contribution in [-0.4, -0.2) is 16.3 Å². The van der Waals surface area contributed by atoms with E-state index in [4.69, 9.17) is 0 Å². The molecule has 1 aromatic rings. The Labute approximate surface area is 104 Å². The lowest BCUT2D eigenvalue weighted by Crippen LogP contribution is -2.22. The minimum Gasteiger partial charge on any atom is -0.309 e. The van der Waals surface area contributed by atoms with E-state index in [0.717, 1.165) is 13.0 Å². The number of rotatable bonds is 5. The number of nitrogens with zero attached hydrogens (tertiary/aromatic N) is 2. The first-order valence-corrected chi connectivity index (χ1v) is 6.70. The van der Waals surface area contributed by atoms with Gasteiger partial charge >= 0.3 is 0 Å². The monoisotopic (exact) mass is 233 g/mol. The van der Waals surface area contributed by atoms with Gasteiger partial charge in [-0.1, -0.05) is 18.6 Å². The maximum absolute atomic E-state index is 4.52. The molecule has 0 saturated heterocycles. The average molecular weight is 233 g/mol. The summed E-state index contributed by atoms with van der Waals surface area (Å²) in [4.78, 5) is 0. The van der Waals surface area contributed by atoms with Gasteiger partial charge < -0.3 is 5.32 Å². The molecule has 0 aliphatic heterocycles. The normalized spacial score (nSPS) is 17.9. The number of hydrogen-bond acceptors (Lipinski definition) is 2. The summed E-state index contributed by atoms with van der Waals surface area (Å²) in [6.45, 7) is 3.15. The zero-order valence-electron chi connectivity index (χ0n) is 10.9. The molecule has 0 aromatic carbocycles. The summed E-state index contributed by atoms with van der Waals surface area (Å²) in [6.07, 6.45) is 10.8. The second kappa shape index (κ2) is 6.01. The van der Waals surface area contributed by atoms with Gasteiger partial charge in [-0.2, -0.15) is 5.10 Å². The highest BCUT2D eigenvalue weighted by atomic mass is 15.3. The lowest BCUT2D eigenvalue weighted by atomic mass is 9.93. The minimum absolute atomic E-state index is 0.380. The van der Waals surface area contributed by atoms with Crippen molar-refractivity contribution in [2.75, 3.05) is 6.54 Å². The van der Waals surface area contributed by atoms with Crippen LogP contribution in [0.15, 0.2) is 23.9 Å². The third kappa shape index (κ3) is 3.43. The number of nitrogens with one attached hydrogen (secondary N) is 1. The van der Waals surface area contributed by atoms with Crippen LogP contribution in [0.3, 0.4) is 0 Å². The molecule has 3 nitrogen and oxygen atoms in total. The predicted octanol–water partition coefficient (Wildman–Crippen LogP) is 2.96. The molecule has 1 aliphatic carbocycles. The largest absolute Gasteiger partial charge is 0.309 e. The smallest absolute Gasteiger partial charge is 0.0797 e. The summed E-state index contributed by atoms with van der Waals surface area (Å²) >= 11 is 0. The van der Waals surface area contributed by atoms with Crippen LogP contribution in [0.5, 0.6) is 0 Å². The fraction of sp³-hybridized carbons (Fsp3) is 0.643. The third-order valence-electron chi connectivity index (χ3n) is 3.39. The first-order valence-electron chi connectivity index (χ1n) is 6.70. The van der Waals surface area contributed by atoms with Crippen LogP contribution >= 0.6 is 0 Å². The molecule has 0 radical (unpaired) electrons. The van der Waals surface area contributed by atoms with Crippen LogP contribution in [0.2, 0.25) is 0 Å². The highest BCUT2D eigenvalue weighted by molar-refractivity contribution is 5.13. The fourth-order valence-electron chi connectivity index (χ4n) is 2.50. The van der Waals surface area contributed by atoms with Crippen molar-refractivity contribution >= 4 is 0 Å². The topological polar surface area (TPSA) is 29.9 Å². The molecule has 2 rings (SSSR count). The van der Waals surface area contributed by atoms with Crippen LogP contribution in [0.25, 0.3) is 0 Å². The Balaban J connectivity index is 2.04. The molecule has 0 saturated carbocycles. The van der Waals surface area contributed by atoms with E-state index in [9.17, 15) is 0 Å². The zero-order chi connectivity index (χ0) is 12.1. The van der Waals surface area contributed by atoms with Gasteiger partial charge in [0.25, 0.3) is 0 Å². The zero-order valence-corrected chi connectivity index (χ0v) is 10.9. The molecule has 0 spiro atoms. The number of allylic oxidation sites excluding steroid dienone is 1. The molecule has 0 fully saturated rings. The molecule has 0 amide bonds. The van der Waals surface area contributed by atoms with Gasteiger partial charge in [0.15, 0.2) is 0 Å². The first kappa shape index (κ1) is 12.4. The Hall–Kier alpha value is -1.09. The Morgan fingerprint density at radius 1 is 1.47 bits per heavy atom.